The average Bonchev–Trinajstić information content (AvgIpc) is 2.46. The van der Waals surface area contributed by atoms with E-state index in [-0.39, 0.29) is 22.5 Å². The second kappa shape index (κ2) is 6.25. The molecule has 2 aromatic carbocycles. The van der Waals surface area contributed by atoms with Gasteiger partial charge in [0, 0.05) is 24.2 Å². The second-order valence-electron chi connectivity index (χ2n) is 4.54. The third-order valence-electron chi connectivity index (χ3n) is 3.13. The first-order chi connectivity index (χ1) is 9.58. The van der Waals surface area contributed by atoms with Crippen LogP contribution in [0.1, 0.15) is 24.1 Å². The smallest absolute Gasteiger partial charge is 0.274 e. The third kappa shape index (κ3) is 3.39. The van der Waals surface area contributed by atoms with Crippen LogP contribution in [0.2, 0.25) is 0 Å². The zero-order valence-corrected chi connectivity index (χ0v) is 11.0. The number of nitro groups is 1. The molecule has 0 saturated carbocycles. The van der Waals surface area contributed by atoms with E-state index in [9.17, 15) is 14.5 Å². The van der Waals surface area contributed by atoms with Gasteiger partial charge in [0.1, 0.15) is 5.82 Å². The highest BCUT2D eigenvalue weighted by Crippen LogP contribution is 2.24. The van der Waals surface area contributed by atoms with Gasteiger partial charge in [-0.25, -0.2) is 4.39 Å². The summed E-state index contributed by atoms with van der Waals surface area (Å²) in [5.74, 6) is -0.277. The van der Waals surface area contributed by atoms with Crippen LogP contribution < -0.4 is 5.32 Å². The first kappa shape index (κ1) is 14.1. The zero-order valence-electron chi connectivity index (χ0n) is 11.0. The lowest BCUT2D eigenvalue weighted by atomic mass is 10.1. The molecule has 0 radical (unpaired) electrons. The summed E-state index contributed by atoms with van der Waals surface area (Å²) < 4.78 is 12.8. The minimum Gasteiger partial charge on any atom is -0.306 e. The largest absolute Gasteiger partial charge is 0.306 e. The van der Waals surface area contributed by atoms with E-state index in [1.54, 1.807) is 30.3 Å². The molecule has 1 unspecified atom stereocenters. The van der Waals surface area contributed by atoms with Gasteiger partial charge in [0.2, 0.25) is 0 Å². The molecule has 0 aromatic heterocycles. The molecule has 2 rings (SSSR count). The Labute approximate surface area is 116 Å². The average molecular weight is 274 g/mol. The molecule has 0 aliphatic carbocycles. The number of nitrogens with one attached hydrogen (secondary N) is 1. The van der Waals surface area contributed by atoms with E-state index in [4.69, 9.17) is 0 Å². The van der Waals surface area contributed by atoms with E-state index in [1.165, 1.54) is 18.2 Å². The summed E-state index contributed by atoms with van der Waals surface area (Å²) in [6.45, 7) is 2.39. The Bertz CT molecular complexity index is 599. The van der Waals surface area contributed by atoms with Gasteiger partial charge >= 0.3 is 0 Å². The molecular formula is C15H15FN2O2. The van der Waals surface area contributed by atoms with Crippen LogP contribution in [0.5, 0.6) is 0 Å². The van der Waals surface area contributed by atoms with Gasteiger partial charge in [-0.2, -0.15) is 0 Å². The van der Waals surface area contributed by atoms with Crippen molar-refractivity contribution in [3.8, 4) is 0 Å². The molecule has 0 heterocycles. The fourth-order valence-corrected chi connectivity index (χ4v) is 2.00. The van der Waals surface area contributed by atoms with Crippen molar-refractivity contribution in [3.05, 3.63) is 75.6 Å². The van der Waals surface area contributed by atoms with Gasteiger partial charge in [-0.3, -0.25) is 10.1 Å². The van der Waals surface area contributed by atoms with Crippen LogP contribution >= 0.6 is 0 Å². The summed E-state index contributed by atoms with van der Waals surface area (Å²) >= 11 is 0. The Hall–Kier alpha value is -2.27. The van der Waals surface area contributed by atoms with E-state index in [2.05, 4.69) is 5.32 Å². The summed E-state index contributed by atoms with van der Waals surface area (Å²) in [6.07, 6.45) is 0. The summed E-state index contributed by atoms with van der Waals surface area (Å²) in [5.41, 5.74) is 1.67. The quantitative estimate of drug-likeness (QED) is 0.669. The first-order valence-electron chi connectivity index (χ1n) is 6.29. The molecule has 0 aliphatic rings. The minimum absolute atomic E-state index is 0.103. The number of nitrogens with zero attached hydrogens (tertiary/aromatic N) is 1. The maximum absolute atomic E-state index is 12.8. The van der Waals surface area contributed by atoms with Gasteiger partial charge in [-0.1, -0.05) is 30.3 Å². The Kier molecular flexibility index (Phi) is 4.42. The van der Waals surface area contributed by atoms with E-state index >= 15 is 0 Å². The topological polar surface area (TPSA) is 55.2 Å². The Morgan fingerprint density at radius 3 is 2.50 bits per heavy atom. The van der Waals surface area contributed by atoms with Crippen molar-refractivity contribution >= 4 is 5.69 Å². The highest BCUT2D eigenvalue weighted by molar-refractivity contribution is 5.41. The normalized spacial score (nSPS) is 12.1. The van der Waals surface area contributed by atoms with Crippen molar-refractivity contribution in [2.45, 2.75) is 19.5 Å². The summed E-state index contributed by atoms with van der Waals surface area (Å²) in [5, 5.41) is 14.2. The van der Waals surface area contributed by atoms with Gasteiger partial charge in [0.15, 0.2) is 0 Å². The second-order valence-corrected chi connectivity index (χ2v) is 4.54. The fourth-order valence-electron chi connectivity index (χ4n) is 2.00. The van der Waals surface area contributed by atoms with E-state index in [0.29, 0.717) is 12.1 Å². The molecule has 104 valence electrons. The highest BCUT2D eigenvalue weighted by atomic mass is 19.1. The van der Waals surface area contributed by atoms with E-state index in [0.717, 1.165) is 5.56 Å². The van der Waals surface area contributed by atoms with Gasteiger partial charge in [-0.05, 0) is 24.6 Å². The number of nitro benzene ring substituents is 1. The minimum atomic E-state index is -0.384. The molecule has 1 N–H and O–H groups in total. The monoisotopic (exact) mass is 274 g/mol. The van der Waals surface area contributed by atoms with Gasteiger partial charge in [0.25, 0.3) is 5.69 Å². The number of para-hydroxylation sites is 1. The fraction of sp³-hybridized carbons (Fsp3) is 0.200. The molecule has 1 atom stereocenters. The molecule has 0 amide bonds. The zero-order chi connectivity index (χ0) is 14.5. The maximum Gasteiger partial charge on any atom is 0.274 e. The van der Waals surface area contributed by atoms with Crippen LogP contribution in [-0.2, 0) is 6.54 Å². The molecular weight excluding hydrogens is 259 g/mol. The summed E-state index contributed by atoms with van der Waals surface area (Å²) in [7, 11) is 0. The van der Waals surface area contributed by atoms with Crippen molar-refractivity contribution < 1.29 is 9.31 Å². The molecule has 5 heteroatoms. The molecule has 0 fully saturated rings. The Morgan fingerprint density at radius 1 is 1.20 bits per heavy atom. The van der Waals surface area contributed by atoms with Gasteiger partial charge < -0.3 is 5.32 Å². The molecule has 0 bridgehead atoms. The first-order valence-corrected chi connectivity index (χ1v) is 6.29. The van der Waals surface area contributed by atoms with Crippen molar-refractivity contribution in [3.63, 3.8) is 0 Å². The molecule has 0 aliphatic heterocycles. The lowest BCUT2D eigenvalue weighted by Gasteiger charge is -2.14. The van der Waals surface area contributed by atoms with Crippen LogP contribution in [0, 0.1) is 15.9 Å². The van der Waals surface area contributed by atoms with Crippen LogP contribution in [0.3, 0.4) is 0 Å². The Balaban J connectivity index is 2.07. The molecule has 0 spiro atoms. The van der Waals surface area contributed by atoms with Crippen LogP contribution in [-0.4, -0.2) is 4.92 Å². The number of benzene rings is 2. The van der Waals surface area contributed by atoms with Crippen LogP contribution in [0.25, 0.3) is 0 Å². The van der Waals surface area contributed by atoms with Crippen molar-refractivity contribution in [1.82, 2.24) is 5.32 Å². The van der Waals surface area contributed by atoms with Gasteiger partial charge in [0.05, 0.1) is 4.92 Å². The number of halogens is 1. The lowest BCUT2D eigenvalue weighted by Crippen LogP contribution is -2.19. The summed E-state index contributed by atoms with van der Waals surface area (Å²) in [4.78, 5) is 10.6. The SMILES string of the molecule is CC(NCc1ccc(F)cc1)c1ccccc1[N+](=O)[O-]. The van der Waals surface area contributed by atoms with Crippen LogP contribution in [0.15, 0.2) is 48.5 Å². The molecule has 2 aromatic rings. The predicted octanol–water partition coefficient (Wildman–Crippen LogP) is 3.58. The molecule has 20 heavy (non-hydrogen) atoms. The van der Waals surface area contributed by atoms with Crippen molar-refractivity contribution in [1.29, 1.82) is 0 Å². The summed E-state index contributed by atoms with van der Waals surface area (Å²) in [6, 6.07) is 12.7. The van der Waals surface area contributed by atoms with Crippen molar-refractivity contribution in [2.24, 2.45) is 0 Å². The molecule has 4 nitrogen and oxygen atoms in total. The third-order valence-corrected chi connectivity index (χ3v) is 3.13. The van der Waals surface area contributed by atoms with E-state index < -0.39 is 0 Å². The van der Waals surface area contributed by atoms with Crippen molar-refractivity contribution in [2.75, 3.05) is 0 Å². The number of rotatable bonds is 5. The lowest BCUT2D eigenvalue weighted by molar-refractivity contribution is -0.385. The number of hydrogen-bond acceptors (Lipinski definition) is 3. The molecule has 0 saturated heterocycles. The Morgan fingerprint density at radius 2 is 1.85 bits per heavy atom. The number of hydrogen-bond donors (Lipinski definition) is 1. The van der Waals surface area contributed by atoms with Crippen LogP contribution in [0.4, 0.5) is 10.1 Å². The predicted molar refractivity (Wildman–Crippen MR) is 74.8 cm³/mol. The highest BCUT2D eigenvalue weighted by Gasteiger charge is 2.17. The van der Waals surface area contributed by atoms with E-state index in [1.807, 2.05) is 6.92 Å². The standard InChI is InChI=1S/C15H15FN2O2/c1-11(14-4-2-3-5-15(14)18(19)20)17-10-12-6-8-13(16)9-7-12/h2-9,11,17H,10H2,1H3. The van der Waals surface area contributed by atoms with Gasteiger partial charge in [-0.15, -0.1) is 0 Å². The maximum atomic E-state index is 12.8.